The van der Waals surface area contributed by atoms with Gasteiger partial charge in [-0.25, -0.2) is 0 Å². The maximum absolute atomic E-state index is 9.31. The van der Waals surface area contributed by atoms with Gasteiger partial charge in [-0.3, -0.25) is 0 Å². The Labute approximate surface area is 111 Å². The van der Waals surface area contributed by atoms with Crippen molar-refractivity contribution in [3.8, 4) is 11.5 Å². The van der Waals surface area contributed by atoms with Crippen LogP contribution >= 0.6 is 11.6 Å². The summed E-state index contributed by atoms with van der Waals surface area (Å²) >= 11 is 6.05. The molecular weight excluding hydrogens is 250 g/mol. The van der Waals surface area contributed by atoms with Crippen LogP contribution in [0.25, 0.3) is 0 Å². The Hall–Kier alpha value is -1.71. The highest BCUT2D eigenvalue weighted by Gasteiger charge is 2.10. The summed E-state index contributed by atoms with van der Waals surface area (Å²) in [6.45, 7) is 0.299. The van der Waals surface area contributed by atoms with Crippen LogP contribution in [0.1, 0.15) is 11.6 Å². The molecule has 0 aliphatic carbocycles. The van der Waals surface area contributed by atoms with Crippen LogP contribution in [0.3, 0.4) is 0 Å². The standard InChI is InChI=1S/C14H14ClNO2/c15-13-7-2-1-6-12(13)14(16)9-18-11-5-3-4-10(17)8-11/h1-8,14,17H,9,16H2. The van der Waals surface area contributed by atoms with Gasteiger partial charge in [0, 0.05) is 11.1 Å². The van der Waals surface area contributed by atoms with Crippen LogP contribution in [0.4, 0.5) is 0 Å². The molecule has 0 aromatic heterocycles. The maximum Gasteiger partial charge on any atom is 0.123 e. The van der Waals surface area contributed by atoms with E-state index in [2.05, 4.69) is 0 Å². The van der Waals surface area contributed by atoms with E-state index in [1.807, 2.05) is 18.2 Å². The molecule has 0 amide bonds. The maximum atomic E-state index is 9.31. The van der Waals surface area contributed by atoms with Crippen molar-refractivity contribution in [1.82, 2.24) is 0 Å². The third-order valence-electron chi connectivity index (χ3n) is 2.55. The predicted octanol–water partition coefficient (Wildman–Crippen LogP) is 3.12. The van der Waals surface area contributed by atoms with Gasteiger partial charge in [0.05, 0.1) is 6.04 Å². The first-order chi connectivity index (χ1) is 8.66. The van der Waals surface area contributed by atoms with E-state index >= 15 is 0 Å². The fraction of sp³-hybridized carbons (Fsp3) is 0.143. The molecule has 94 valence electrons. The Morgan fingerprint density at radius 1 is 1.17 bits per heavy atom. The van der Waals surface area contributed by atoms with Crippen molar-refractivity contribution in [3.05, 3.63) is 59.1 Å². The van der Waals surface area contributed by atoms with Gasteiger partial charge < -0.3 is 15.6 Å². The molecule has 0 fully saturated rings. The number of hydrogen-bond donors (Lipinski definition) is 2. The molecular formula is C14H14ClNO2. The van der Waals surface area contributed by atoms with E-state index in [9.17, 15) is 5.11 Å². The first-order valence-electron chi connectivity index (χ1n) is 5.58. The number of hydrogen-bond acceptors (Lipinski definition) is 3. The summed E-state index contributed by atoms with van der Waals surface area (Å²) in [7, 11) is 0. The quantitative estimate of drug-likeness (QED) is 0.891. The van der Waals surface area contributed by atoms with E-state index in [1.54, 1.807) is 30.3 Å². The van der Waals surface area contributed by atoms with Crippen LogP contribution in [-0.4, -0.2) is 11.7 Å². The Morgan fingerprint density at radius 3 is 2.67 bits per heavy atom. The third-order valence-corrected chi connectivity index (χ3v) is 2.90. The van der Waals surface area contributed by atoms with Crippen molar-refractivity contribution < 1.29 is 9.84 Å². The first-order valence-corrected chi connectivity index (χ1v) is 5.96. The zero-order valence-electron chi connectivity index (χ0n) is 9.71. The fourth-order valence-corrected chi connectivity index (χ4v) is 1.90. The molecule has 0 aliphatic heterocycles. The lowest BCUT2D eigenvalue weighted by molar-refractivity contribution is 0.289. The number of nitrogens with two attached hydrogens (primary N) is 1. The lowest BCUT2D eigenvalue weighted by Gasteiger charge is -2.14. The van der Waals surface area contributed by atoms with Gasteiger partial charge in [0.15, 0.2) is 0 Å². The molecule has 2 aromatic carbocycles. The SMILES string of the molecule is NC(COc1cccc(O)c1)c1ccccc1Cl. The number of benzene rings is 2. The molecule has 2 aromatic rings. The van der Waals surface area contributed by atoms with Crippen LogP contribution in [0.5, 0.6) is 11.5 Å². The molecule has 0 spiro atoms. The van der Waals surface area contributed by atoms with Gasteiger partial charge in [-0.15, -0.1) is 0 Å². The van der Waals surface area contributed by atoms with Gasteiger partial charge in [-0.1, -0.05) is 35.9 Å². The fourth-order valence-electron chi connectivity index (χ4n) is 1.62. The summed E-state index contributed by atoms with van der Waals surface area (Å²) < 4.78 is 5.51. The molecule has 0 saturated heterocycles. The van der Waals surface area contributed by atoms with Gasteiger partial charge in [0.2, 0.25) is 0 Å². The van der Waals surface area contributed by atoms with Crippen LogP contribution in [0.15, 0.2) is 48.5 Å². The molecule has 3 nitrogen and oxygen atoms in total. The molecule has 1 unspecified atom stereocenters. The predicted molar refractivity (Wildman–Crippen MR) is 72.0 cm³/mol. The van der Waals surface area contributed by atoms with Crippen LogP contribution < -0.4 is 10.5 Å². The van der Waals surface area contributed by atoms with Crippen molar-refractivity contribution in [2.24, 2.45) is 5.73 Å². The second-order valence-electron chi connectivity index (χ2n) is 3.94. The van der Waals surface area contributed by atoms with Crippen molar-refractivity contribution in [2.75, 3.05) is 6.61 Å². The van der Waals surface area contributed by atoms with E-state index in [0.717, 1.165) is 5.56 Å². The summed E-state index contributed by atoms with van der Waals surface area (Å²) in [4.78, 5) is 0. The Balaban J connectivity index is 2.00. The minimum absolute atomic E-state index is 0.166. The Bertz CT molecular complexity index is 531. The largest absolute Gasteiger partial charge is 0.508 e. The minimum atomic E-state index is -0.305. The van der Waals surface area contributed by atoms with Crippen LogP contribution in [-0.2, 0) is 0 Å². The number of ether oxygens (including phenoxy) is 1. The van der Waals surface area contributed by atoms with Crippen molar-refractivity contribution in [3.63, 3.8) is 0 Å². The van der Waals surface area contributed by atoms with E-state index in [0.29, 0.717) is 17.4 Å². The zero-order chi connectivity index (χ0) is 13.0. The second-order valence-corrected chi connectivity index (χ2v) is 4.34. The summed E-state index contributed by atoms with van der Waals surface area (Å²) in [5, 5.41) is 9.94. The number of phenolic OH excluding ortho intramolecular Hbond substituents is 1. The molecule has 0 heterocycles. The molecule has 0 aliphatic rings. The lowest BCUT2D eigenvalue weighted by atomic mass is 10.1. The highest BCUT2D eigenvalue weighted by molar-refractivity contribution is 6.31. The summed E-state index contributed by atoms with van der Waals surface area (Å²) in [5.74, 6) is 0.747. The minimum Gasteiger partial charge on any atom is -0.508 e. The highest BCUT2D eigenvalue weighted by atomic mass is 35.5. The summed E-state index contributed by atoms with van der Waals surface area (Å²) in [5.41, 5.74) is 6.86. The molecule has 0 saturated carbocycles. The summed E-state index contributed by atoms with van der Waals surface area (Å²) in [6, 6.07) is 13.7. The lowest BCUT2D eigenvalue weighted by Crippen LogP contribution is -2.19. The van der Waals surface area contributed by atoms with E-state index in [4.69, 9.17) is 22.1 Å². The van der Waals surface area contributed by atoms with Crippen molar-refractivity contribution in [1.29, 1.82) is 0 Å². The highest BCUT2D eigenvalue weighted by Crippen LogP contribution is 2.23. The molecule has 0 bridgehead atoms. The van der Waals surface area contributed by atoms with Crippen LogP contribution in [0, 0.1) is 0 Å². The molecule has 0 radical (unpaired) electrons. The van der Waals surface area contributed by atoms with Gasteiger partial charge >= 0.3 is 0 Å². The van der Waals surface area contributed by atoms with E-state index in [-0.39, 0.29) is 11.8 Å². The Kier molecular flexibility index (Phi) is 4.07. The number of rotatable bonds is 4. The molecule has 1 atom stereocenters. The Morgan fingerprint density at radius 2 is 1.94 bits per heavy atom. The van der Waals surface area contributed by atoms with Gasteiger partial charge in [-0.05, 0) is 23.8 Å². The number of halogens is 1. The first kappa shape index (κ1) is 12.7. The molecule has 3 N–H and O–H groups in total. The van der Waals surface area contributed by atoms with Crippen LogP contribution in [0.2, 0.25) is 5.02 Å². The van der Waals surface area contributed by atoms with Crippen molar-refractivity contribution >= 4 is 11.6 Å². The second kappa shape index (κ2) is 5.76. The zero-order valence-corrected chi connectivity index (χ0v) is 10.5. The van der Waals surface area contributed by atoms with Gasteiger partial charge in [0.25, 0.3) is 0 Å². The summed E-state index contributed by atoms with van der Waals surface area (Å²) in [6.07, 6.45) is 0. The van der Waals surface area contributed by atoms with Crippen molar-refractivity contribution in [2.45, 2.75) is 6.04 Å². The number of aromatic hydroxyl groups is 1. The van der Waals surface area contributed by atoms with E-state index < -0.39 is 0 Å². The molecule has 18 heavy (non-hydrogen) atoms. The molecule has 4 heteroatoms. The third kappa shape index (κ3) is 3.15. The number of phenols is 1. The average molecular weight is 264 g/mol. The smallest absolute Gasteiger partial charge is 0.123 e. The van der Waals surface area contributed by atoms with Gasteiger partial charge in [0.1, 0.15) is 18.1 Å². The average Bonchev–Trinajstić information content (AvgIpc) is 2.37. The van der Waals surface area contributed by atoms with Gasteiger partial charge in [-0.2, -0.15) is 0 Å². The molecule has 2 rings (SSSR count). The van der Waals surface area contributed by atoms with E-state index in [1.165, 1.54) is 0 Å². The topological polar surface area (TPSA) is 55.5 Å². The monoisotopic (exact) mass is 263 g/mol. The normalized spacial score (nSPS) is 12.1.